The van der Waals surface area contributed by atoms with Crippen molar-refractivity contribution in [1.82, 2.24) is 0 Å². The van der Waals surface area contributed by atoms with Gasteiger partial charge in [0.05, 0.1) is 24.0 Å². The van der Waals surface area contributed by atoms with Crippen LogP contribution in [0.4, 0.5) is 5.69 Å². The van der Waals surface area contributed by atoms with E-state index < -0.39 is 17.8 Å². The van der Waals surface area contributed by atoms with Crippen LogP contribution >= 0.6 is 0 Å². The summed E-state index contributed by atoms with van der Waals surface area (Å²) in [6.45, 7) is 4.43. The van der Waals surface area contributed by atoms with Crippen molar-refractivity contribution in [2.24, 2.45) is 17.8 Å². The number of carbonyl (C=O) groups is 3. The smallest absolute Gasteiger partial charge is 0.338 e. The lowest BCUT2D eigenvalue weighted by molar-refractivity contribution is -0.148. The molecule has 1 saturated carbocycles. The average Bonchev–Trinajstić information content (AvgIpc) is 2.62. The molecular weight excluding hydrogens is 334 g/mol. The van der Waals surface area contributed by atoms with Crippen LogP contribution in [0.3, 0.4) is 0 Å². The standard InChI is InChI=1S/C20H27NO5/c1-3-4-11-26-20(25)14-6-8-15(9-7-14)21-18(22)16-10-5-13(2)12-17(16)19(23)24/h6-9,13,16-17H,3-5,10-12H2,1-2H3,(H,21,22)(H,23,24). The second kappa shape index (κ2) is 9.36. The molecule has 1 aromatic carbocycles. The molecule has 0 aromatic heterocycles. The van der Waals surface area contributed by atoms with Crippen molar-refractivity contribution in [2.45, 2.75) is 46.0 Å². The van der Waals surface area contributed by atoms with Gasteiger partial charge in [0.15, 0.2) is 0 Å². The topological polar surface area (TPSA) is 92.7 Å². The first-order valence-corrected chi connectivity index (χ1v) is 9.23. The van der Waals surface area contributed by atoms with E-state index >= 15 is 0 Å². The minimum Gasteiger partial charge on any atom is -0.481 e. The average molecular weight is 361 g/mol. The van der Waals surface area contributed by atoms with E-state index in [2.05, 4.69) is 5.32 Å². The Bertz CT molecular complexity index is 640. The second-order valence-electron chi connectivity index (χ2n) is 7.03. The lowest BCUT2D eigenvalue weighted by Gasteiger charge is -2.31. The number of hydrogen-bond donors (Lipinski definition) is 2. The minimum absolute atomic E-state index is 0.275. The summed E-state index contributed by atoms with van der Waals surface area (Å²) in [4.78, 5) is 35.9. The molecule has 2 rings (SSSR count). The van der Waals surface area contributed by atoms with Gasteiger partial charge in [-0.25, -0.2) is 4.79 Å². The summed E-state index contributed by atoms with van der Waals surface area (Å²) in [5, 5.41) is 12.2. The fourth-order valence-corrected chi connectivity index (χ4v) is 3.28. The van der Waals surface area contributed by atoms with E-state index in [-0.39, 0.29) is 11.9 Å². The molecule has 6 heteroatoms. The number of ether oxygens (including phenoxy) is 1. The van der Waals surface area contributed by atoms with E-state index in [1.807, 2.05) is 13.8 Å². The summed E-state index contributed by atoms with van der Waals surface area (Å²) in [5.41, 5.74) is 0.969. The van der Waals surface area contributed by atoms with Crippen molar-refractivity contribution in [3.63, 3.8) is 0 Å². The van der Waals surface area contributed by atoms with Crippen LogP contribution in [0.2, 0.25) is 0 Å². The number of carboxylic acid groups (broad SMARTS) is 1. The lowest BCUT2D eigenvalue weighted by atomic mass is 9.74. The van der Waals surface area contributed by atoms with Gasteiger partial charge >= 0.3 is 11.9 Å². The quantitative estimate of drug-likeness (QED) is 0.570. The number of amides is 1. The Morgan fingerprint density at radius 1 is 1.15 bits per heavy atom. The molecule has 1 aromatic rings. The van der Waals surface area contributed by atoms with Crippen LogP contribution in [-0.4, -0.2) is 29.6 Å². The lowest BCUT2D eigenvalue weighted by Crippen LogP contribution is -2.38. The van der Waals surface area contributed by atoms with E-state index in [9.17, 15) is 19.5 Å². The first kappa shape index (κ1) is 19.9. The van der Waals surface area contributed by atoms with Crippen molar-refractivity contribution >= 4 is 23.5 Å². The Morgan fingerprint density at radius 3 is 2.46 bits per heavy atom. The summed E-state index contributed by atoms with van der Waals surface area (Å²) < 4.78 is 5.14. The van der Waals surface area contributed by atoms with Crippen molar-refractivity contribution in [1.29, 1.82) is 0 Å². The van der Waals surface area contributed by atoms with Gasteiger partial charge in [-0.3, -0.25) is 9.59 Å². The Balaban J connectivity index is 1.96. The third-order valence-electron chi connectivity index (χ3n) is 4.89. The first-order chi connectivity index (χ1) is 12.4. The van der Waals surface area contributed by atoms with Gasteiger partial charge in [-0.1, -0.05) is 20.3 Å². The largest absolute Gasteiger partial charge is 0.481 e. The number of rotatable bonds is 7. The Labute approximate surface area is 153 Å². The molecule has 0 radical (unpaired) electrons. The number of esters is 1. The van der Waals surface area contributed by atoms with Gasteiger partial charge in [-0.15, -0.1) is 0 Å². The zero-order valence-corrected chi connectivity index (χ0v) is 15.4. The predicted molar refractivity (Wildman–Crippen MR) is 97.9 cm³/mol. The minimum atomic E-state index is -0.915. The highest BCUT2D eigenvalue weighted by molar-refractivity contribution is 5.96. The Morgan fingerprint density at radius 2 is 1.85 bits per heavy atom. The number of aliphatic carboxylic acids is 1. The van der Waals surface area contributed by atoms with E-state index in [4.69, 9.17) is 4.74 Å². The number of carboxylic acids is 1. The number of unbranched alkanes of at least 4 members (excludes halogenated alkanes) is 1. The van der Waals surface area contributed by atoms with Crippen LogP contribution in [0.25, 0.3) is 0 Å². The third-order valence-corrected chi connectivity index (χ3v) is 4.89. The van der Waals surface area contributed by atoms with E-state index in [0.717, 1.165) is 19.3 Å². The van der Waals surface area contributed by atoms with Gasteiger partial charge in [-0.05, 0) is 55.9 Å². The van der Waals surface area contributed by atoms with Crippen molar-refractivity contribution < 1.29 is 24.2 Å². The number of hydrogen-bond acceptors (Lipinski definition) is 4. The normalized spacial score (nSPS) is 22.5. The van der Waals surface area contributed by atoms with Crippen LogP contribution in [-0.2, 0) is 14.3 Å². The highest BCUT2D eigenvalue weighted by Crippen LogP contribution is 2.34. The van der Waals surface area contributed by atoms with Gasteiger partial charge in [0.1, 0.15) is 0 Å². The number of nitrogens with one attached hydrogen (secondary N) is 1. The summed E-state index contributed by atoms with van der Waals surface area (Å²) in [5.74, 6) is -2.43. The molecule has 0 heterocycles. The molecule has 1 aliphatic carbocycles. The first-order valence-electron chi connectivity index (χ1n) is 9.23. The molecule has 0 saturated heterocycles. The predicted octanol–water partition coefficient (Wildman–Crippen LogP) is 3.72. The number of carbonyl (C=O) groups excluding carboxylic acids is 2. The van der Waals surface area contributed by atoms with Crippen LogP contribution in [0.5, 0.6) is 0 Å². The van der Waals surface area contributed by atoms with Crippen molar-refractivity contribution in [3.8, 4) is 0 Å². The summed E-state index contributed by atoms with van der Waals surface area (Å²) in [6, 6.07) is 6.47. The maximum atomic E-state index is 12.5. The van der Waals surface area contributed by atoms with Gasteiger partial charge in [-0.2, -0.15) is 0 Å². The van der Waals surface area contributed by atoms with E-state index in [0.29, 0.717) is 36.6 Å². The molecular formula is C20H27NO5. The fraction of sp³-hybridized carbons (Fsp3) is 0.550. The molecule has 0 aliphatic heterocycles. The van der Waals surface area contributed by atoms with Crippen LogP contribution in [0, 0.1) is 17.8 Å². The zero-order chi connectivity index (χ0) is 19.1. The zero-order valence-electron chi connectivity index (χ0n) is 15.4. The van der Waals surface area contributed by atoms with Crippen LogP contribution in [0.15, 0.2) is 24.3 Å². The Kier molecular flexibility index (Phi) is 7.18. The SMILES string of the molecule is CCCCOC(=O)c1ccc(NC(=O)C2CCC(C)CC2C(=O)O)cc1. The summed E-state index contributed by atoms with van der Waals surface area (Å²) >= 11 is 0. The maximum Gasteiger partial charge on any atom is 0.338 e. The molecule has 2 N–H and O–H groups in total. The third kappa shape index (κ3) is 5.31. The highest BCUT2D eigenvalue weighted by Gasteiger charge is 2.38. The number of benzene rings is 1. The molecule has 0 spiro atoms. The molecule has 1 aliphatic rings. The van der Waals surface area contributed by atoms with Crippen molar-refractivity contribution in [3.05, 3.63) is 29.8 Å². The van der Waals surface area contributed by atoms with Gasteiger partial charge in [0, 0.05) is 5.69 Å². The van der Waals surface area contributed by atoms with Gasteiger partial charge in [0.2, 0.25) is 5.91 Å². The molecule has 26 heavy (non-hydrogen) atoms. The van der Waals surface area contributed by atoms with E-state index in [1.54, 1.807) is 24.3 Å². The van der Waals surface area contributed by atoms with E-state index in [1.165, 1.54) is 0 Å². The van der Waals surface area contributed by atoms with Gasteiger partial charge < -0.3 is 15.2 Å². The molecule has 1 fully saturated rings. The monoisotopic (exact) mass is 361 g/mol. The summed E-state index contributed by atoms with van der Waals surface area (Å²) in [7, 11) is 0. The maximum absolute atomic E-state index is 12.5. The molecule has 6 nitrogen and oxygen atoms in total. The van der Waals surface area contributed by atoms with Crippen molar-refractivity contribution in [2.75, 3.05) is 11.9 Å². The summed E-state index contributed by atoms with van der Waals surface area (Å²) in [6.07, 6.45) is 3.73. The number of anilines is 1. The molecule has 3 unspecified atom stereocenters. The molecule has 142 valence electrons. The second-order valence-corrected chi connectivity index (χ2v) is 7.03. The van der Waals surface area contributed by atoms with Gasteiger partial charge in [0.25, 0.3) is 0 Å². The van der Waals surface area contributed by atoms with Crippen LogP contribution < -0.4 is 5.32 Å². The van der Waals surface area contributed by atoms with Crippen LogP contribution in [0.1, 0.15) is 56.3 Å². The molecule has 0 bridgehead atoms. The Hall–Kier alpha value is -2.37. The molecule has 1 amide bonds. The fourth-order valence-electron chi connectivity index (χ4n) is 3.28. The highest BCUT2D eigenvalue weighted by atomic mass is 16.5. The molecule has 3 atom stereocenters.